The van der Waals surface area contributed by atoms with Gasteiger partial charge in [0.25, 0.3) is 0 Å². The Labute approximate surface area is 170 Å². The summed E-state index contributed by atoms with van der Waals surface area (Å²) < 4.78 is 0. The number of hydrogen-bond acceptors (Lipinski definition) is 2. The summed E-state index contributed by atoms with van der Waals surface area (Å²) >= 11 is 0. The van der Waals surface area contributed by atoms with Gasteiger partial charge in [-0.2, -0.15) is 0 Å². The molecule has 0 radical (unpaired) electrons. The van der Waals surface area contributed by atoms with Gasteiger partial charge < -0.3 is 9.80 Å². The van der Waals surface area contributed by atoms with E-state index < -0.39 is 0 Å². The molecule has 0 bridgehead atoms. The zero-order chi connectivity index (χ0) is 19.9. The Hall–Kier alpha value is -1.84. The van der Waals surface area contributed by atoms with Gasteiger partial charge in [0, 0.05) is 37.5 Å². The summed E-state index contributed by atoms with van der Waals surface area (Å²) in [5, 5.41) is 0. The molecule has 0 N–H and O–H groups in total. The molecule has 2 aliphatic rings. The van der Waals surface area contributed by atoms with Gasteiger partial charge in [0.2, 0.25) is 11.8 Å². The summed E-state index contributed by atoms with van der Waals surface area (Å²) in [6.07, 6.45) is 8.20. The molecular weight excluding hydrogens is 348 g/mol. The molecule has 1 aromatic carbocycles. The fourth-order valence-corrected chi connectivity index (χ4v) is 4.67. The van der Waals surface area contributed by atoms with Crippen molar-refractivity contribution in [2.24, 2.45) is 11.8 Å². The molecule has 0 atom stereocenters. The Morgan fingerprint density at radius 2 is 1.50 bits per heavy atom. The molecule has 4 heteroatoms. The Bertz CT molecular complexity index is 627. The van der Waals surface area contributed by atoms with Crippen molar-refractivity contribution >= 4 is 11.8 Å². The van der Waals surface area contributed by atoms with E-state index in [2.05, 4.69) is 30.9 Å². The van der Waals surface area contributed by atoms with Gasteiger partial charge in [-0.15, -0.1) is 0 Å². The van der Waals surface area contributed by atoms with Crippen molar-refractivity contribution in [2.45, 2.75) is 77.8 Å². The third-order valence-electron chi connectivity index (χ3n) is 6.45. The average molecular weight is 385 g/mol. The van der Waals surface area contributed by atoms with Crippen LogP contribution in [0.5, 0.6) is 0 Å². The van der Waals surface area contributed by atoms with E-state index in [4.69, 9.17) is 0 Å². The monoisotopic (exact) mass is 384 g/mol. The molecule has 3 rings (SSSR count). The van der Waals surface area contributed by atoms with Gasteiger partial charge in [-0.3, -0.25) is 9.59 Å². The summed E-state index contributed by atoms with van der Waals surface area (Å²) in [5.41, 5.74) is 1.18. The second kappa shape index (κ2) is 10.1. The highest BCUT2D eigenvalue weighted by molar-refractivity contribution is 5.81. The van der Waals surface area contributed by atoms with Crippen LogP contribution in [0, 0.1) is 11.8 Å². The largest absolute Gasteiger partial charge is 0.342 e. The maximum absolute atomic E-state index is 13.2. The van der Waals surface area contributed by atoms with Crippen LogP contribution < -0.4 is 0 Å². The minimum absolute atomic E-state index is 0.0688. The van der Waals surface area contributed by atoms with Crippen LogP contribution in [0.15, 0.2) is 30.3 Å². The van der Waals surface area contributed by atoms with Crippen LogP contribution >= 0.6 is 0 Å². The first-order chi connectivity index (χ1) is 13.6. The van der Waals surface area contributed by atoms with Gasteiger partial charge in [0.15, 0.2) is 0 Å². The average Bonchev–Trinajstić information content (AvgIpc) is 3.01. The van der Waals surface area contributed by atoms with Crippen LogP contribution in [-0.2, 0) is 16.1 Å². The molecule has 1 aromatic rings. The van der Waals surface area contributed by atoms with E-state index >= 15 is 0 Å². The normalized spacial score (nSPS) is 23.3. The number of nitrogens with zero attached hydrogens (tertiary/aromatic N) is 2. The summed E-state index contributed by atoms with van der Waals surface area (Å²) in [7, 11) is 0. The number of carbonyl (C=O) groups is 2. The molecule has 2 fully saturated rings. The summed E-state index contributed by atoms with van der Waals surface area (Å²) in [6, 6.07) is 10.4. The fraction of sp³-hybridized carbons (Fsp3) is 0.667. The number of benzene rings is 1. The van der Waals surface area contributed by atoms with E-state index in [0.717, 1.165) is 51.6 Å². The number of amides is 2. The van der Waals surface area contributed by atoms with Gasteiger partial charge >= 0.3 is 0 Å². The SMILES string of the molecule is CC(C)N(Cc1ccccc1)C(=O)C1CCC(C(=O)N2CCCCCC2)CC1. The molecule has 154 valence electrons. The molecule has 28 heavy (non-hydrogen) atoms. The topological polar surface area (TPSA) is 40.6 Å². The van der Waals surface area contributed by atoms with E-state index in [1.54, 1.807) is 0 Å². The summed E-state index contributed by atoms with van der Waals surface area (Å²) in [4.78, 5) is 30.2. The Balaban J connectivity index is 1.55. The van der Waals surface area contributed by atoms with E-state index in [1.165, 1.54) is 18.4 Å². The van der Waals surface area contributed by atoms with E-state index in [1.807, 2.05) is 23.1 Å². The lowest BCUT2D eigenvalue weighted by Gasteiger charge is -2.35. The lowest BCUT2D eigenvalue weighted by atomic mass is 9.80. The minimum atomic E-state index is 0.0688. The number of rotatable bonds is 5. The first kappa shape index (κ1) is 20.9. The Morgan fingerprint density at radius 3 is 2.07 bits per heavy atom. The Kier molecular flexibility index (Phi) is 7.52. The van der Waals surface area contributed by atoms with E-state index in [0.29, 0.717) is 12.5 Å². The van der Waals surface area contributed by atoms with Gasteiger partial charge in [-0.05, 0) is 57.9 Å². The third-order valence-corrected chi connectivity index (χ3v) is 6.45. The Morgan fingerprint density at radius 1 is 0.929 bits per heavy atom. The van der Waals surface area contributed by atoms with Crippen molar-refractivity contribution in [2.75, 3.05) is 13.1 Å². The zero-order valence-corrected chi connectivity index (χ0v) is 17.6. The maximum Gasteiger partial charge on any atom is 0.226 e. The van der Waals surface area contributed by atoms with Crippen molar-refractivity contribution < 1.29 is 9.59 Å². The van der Waals surface area contributed by atoms with Gasteiger partial charge in [-0.1, -0.05) is 43.2 Å². The standard InChI is InChI=1S/C24H36N2O2/c1-19(2)26(18-20-10-6-5-7-11-20)24(28)22-14-12-21(13-15-22)23(27)25-16-8-3-4-9-17-25/h5-7,10-11,19,21-22H,3-4,8-9,12-18H2,1-2H3. The lowest BCUT2D eigenvalue weighted by Crippen LogP contribution is -2.43. The van der Waals surface area contributed by atoms with E-state index in [9.17, 15) is 9.59 Å². The molecule has 1 aliphatic heterocycles. The van der Waals surface area contributed by atoms with Crippen molar-refractivity contribution in [3.8, 4) is 0 Å². The first-order valence-electron chi connectivity index (χ1n) is 11.2. The van der Waals surface area contributed by atoms with Crippen LogP contribution in [0.4, 0.5) is 0 Å². The smallest absolute Gasteiger partial charge is 0.226 e. The van der Waals surface area contributed by atoms with Crippen LogP contribution in [0.1, 0.15) is 70.8 Å². The van der Waals surface area contributed by atoms with E-state index in [-0.39, 0.29) is 23.8 Å². The molecule has 1 heterocycles. The molecule has 1 aliphatic carbocycles. The number of likely N-dealkylation sites (tertiary alicyclic amines) is 1. The van der Waals surface area contributed by atoms with Crippen molar-refractivity contribution in [3.63, 3.8) is 0 Å². The number of carbonyl (C=O) groups excluding carboxylic acids is 2. The summed E-state index contributed by atoms with van der Waals surface area (Å²) in [6.45, 7) is 6.71. The zero-order valence-electron chi connectivity index (χ0n) is 17.6. The lowest BCUT2D eigenvalue weighted by molar-refractivity contribution is -0.143. The molecule has 0 aromatic heterocycles. The number of hydrogen-bond donors (Lipinski definition) is 0. The van der Waals surface area contributed by atoms with Crippen LogP contribution in [0.25, 0.3) is 0 Å². The molecule has 2 amide bonds. The molecule has 1 saturated heterocycles. The highest BCUT2D eigenvalue weighted by Crippen LogP contribution is 2.32. The molecule has 0 spiro atoms. The van der Waals surface area contributed by atoms with Gasteiger partial charge in [0.05, 0.1) is 0 Å². The van der Waals surface area contributed by atoms with Gasteiger partial charge in [-0.25, -0.2) is 0 Å². The summed E-state index contributed by atoms with van der Waals surface area (Å²) in [5.74, 6) is 0.806. The van der Waals surface area contributed by atoms with Crippen molar-refractivity contribution in [3.05, 3.63) is 35.9 Å². The van der Waals surface area contributed by atoms with Gasteiger partial charge in [0.1, 0.15) is 0 Å². The van der Waals surface area contributed by atoms with Crippen LogP contribution in [0.3, 0.4) is 0 Å². The molecule has 0 unspecified atom stereocenters. The highest BCUT2D eigenvalue weighted by Gasteiger charge is 2.34. The fourth-order valence-electron chi connectivity index (χ4n) is 4.67. The van der Waals surface area contributed by atoms with Crippen LogP contribution in [-0.4, -0.2) is 40.7 Å². The van der Waals surface area contributed by atoms with Crippen molar-refractivity contribution in [1.82, 2.24) is 9.80 Å². The van der Waals surface area contributed by atoms with Crippen molar-refractivity contribution in [1.29, 1.82) is 0 Å². The molecular formula is C24H36N2O2. The predicted octanol–water partition coefficient (Wildman–Crippen LogP) is 4.63. The predicted molar refractivity (Wildman–Crippen MR) is 113 cm³/mol. The quantitative estimate of drug-likeness (QED) is 0.742. The molecule has 1 saturated carbocycles. The second-order valence-electron chi connectivity index (χ2n) is 8.83. The highest BCUT2D eigenvalue weighted by atomic mass is 16.2. The molecule has 4 nitrogen and oxygen atoms in total. The second-order valence-corrected chi connectivity index (χ2v) is 8.83. The first-order valence-corrected chi connectivity index (χ1v) is 11.2. The third kappa shape index (κ3) is 5.36. The minimum Gasteiger partial charge on any atom is -0.342 e. The van der Waals surface area contributed by atoms with Crippen LogP contribution in [0.2, 0.25) is 0 Å². The maximum atomic E-state index is 13.2.